The van der Waals surface area contributed by atoms with Crippen LogP contribution < -0.4 is 0 Å². The molecular formula is C28H38F2. The fraction of sp³-hybridized carbons (Fsp3) is 0.571. The van der Waals surface area contributed by atoms with Gasteiger partial charge in [-0.25, -0.2) is 8.78 Å². The third kappa shape index (κ3) is 5.50. The van der Waals surface area contributed by atoms with E-state index in [0.717, 1.165) is 12.0 Å². The Labute approximate surface area is 182 Å². The number of unbranched alkanes of at least 4 members (excludes halogenated alkanes) is 2. The molecule has 3 rings (SSSR count). The molecule has 0 N–H and O–H groups in total. The number of hydrogen-bond donors (Lipinski definition) is 0. The van der Waals surface area contributed by atoms with Gasteiger partial charge in [0.15, 0.2) is 11.7 Å². The van der Waals surface area contributed by atoms with Crippen LogP contribution in [-0.4, -0.2) is 0 Å². The molecule has 0 amide bonds. The summed E-state index contributed by atoms with van der Waals surface area (Å²) in [5.74, 6) is -0.769. The van der Waals surface area contributed by atoms with Crippen molar-refractivity contribution in [2.75, 3.05) is 0 Å². The Kier molecular flexibility index (Phi) is 8.08. The third-order valence-electron chi connectivity index (χ3n) is 7.21. The second kappa shape index (κ2) is 10.6. The lowest BCUT2D eigenvalue weighted by Gasteiger charge is -2.38. The molecule has 1 aromatic rings. The molecule has 0 saturated heterocycles. The van der Waals surface area contributed by atoms with E-state index in [1.807, 2.05) is 25.1 Å². The Balaban J connectivity index is 1.68. The van der Waals surface area contributed by atoms with Gasteiger partial charge in [0.25, 0.3) is 0 Å². The van der Waals surface area contributed by atoms with E-state index in [-0.39, 0.29) is 0 Å². The molecule has 2 aliphatic rings. The number of hydrogen-bond acceptors (Lipinski definition) is 0. The van der Waals surface area contributed by atoms with Crippen molar-refractivity contribution in [3.05, 3.63) is 64.8 Å². The highest BCUT2D eigenvalue weighted by Crippen LogP contribution is 2.46. The van der Waals surface area contributed by atoms with Crippen LogP contribution in [0.1, 0.15) is 108 Å². The second-order valence-corrected chi connectivity index (χ2v) is 9.65. The molecular weight excluding hydrogens is 374 g/mol. The average Bonchev–Trinajstić information content (AvgIpc) is 2.89. The minimum atomic E-state index is -0.684. The first kappa shape index (κ1) is 23.0. The first-order valence-corrected chi connectivity index (χ1v) is 12.0. The fourth-order valence-electron chi connectivity index (χ4n) is 5.12. The van der Waals surface area contributed by atoms with E-state index >= 15 is 0 Å². The van der Waals surface area contributed by atoms with Crippen LogP contribution >= 0.6 is 0 Å². The van der Waals surface area contributed by atoms with Crippen molar-refractivity contribution in [1.29, 1.82) is 0 Å². The van der Waals surface area contributed by atoms with E-state index in [1.165, 1.54) is 56.9 Å². The van der Waals surface area contributed by atoms with Crippen molar-refractivity contribution in [1.82, 2.24) is 0 Å². The lowest BCUT2D eigenvalue weighted by molar-refractivity contribution is 0.178. The lowest BCUT2D eigenvalue weighted by atomic mass is 9.68. The van der Waals surface area contributed by atoms with Gasteiger partial charge in [-0.1, -0.05) is 82.9 Å². The van der Waals surface area contributed by atoms with E-state index in [9.17, 15) is 8.78 Å². The van der Waals surface area contributed by atoms with E-state index in [0.29, 0.717) is 35.3 Å². The van der Waals surface area contributed by atoms with Gasteiger partial charge in [-0.3, -0.25) is 0 Å². The summed E-state index contributed by atoms with van der Waals surface area (Å²) in [4.78, 5) is 0. The van der Waals surface area contributed by atoms with Crippen molar-refractivity contribution >= 4 is 5.57 Å². The summed E-state index contributed by atoms with van der Waals surface area (Å²) in [6.45, 7) is 6.72. The maximum absolute atomic E-state index is 14.8. The minimum Gasteiger partial charge on any atom is -0.203 e. The molecule has 0 heterocycles. The fourth-order valence-corrected chi connectivity index (χ4v) is 5.12. The standard InChI is InChI=1S/C28H38F2/c1-4-6-7-18-28(3)19-16-22(17-20-28)21-12-14-23(15-13-21)25-11-8-10-24(9-5-2)26(29)27(25)30/h8,10,12-15,22H,4-7,9,11,16-20H2,1-3H3. The van der Waals surface area contributed by atoms with Crippen molar-refractivity contribution in [3.8, 4) is 0 Å². The Morgan fingerprint density at radius 1 is 0.933 bits per heavy atom. The number of rotatable bonds is 8. The van der Waals surface area contributed by atoms with Crippen molar-refractivity contribution in [3.63, 3.8) is 0 Å². The normalized spacial score (nSPS) is 25.0. The van der Waals surface area contributed by atoms with Crippen LogP contribution in [0, 0.1) is 5.41 Å². The molecule has 0 aliphatic heterocycles. The molecule has 0 aromatic heterocycles. The van der Waals surface area contributed by atoms with Gasteiger partial charge >= 0.3 is 0 Å². The molecule has 1 fully saturated rings. The average molecular weight is 413 g/mol. The highest BCUT2D eigenvalue weighted by molar-refractivity contribution is 5.73. The van der Waals surface area contributed by atoms with Crippen LogP contribution in [0.25, 0.3) is 5.57 Å². The molecule has 2 heteroatoms. The third-order valence-corrected chi connectivity index (χ3v) is 7.21. The summed E-state index contributed by atoms with van der Waals surface area (Å²) in [6, 6.07) is 8.27. The van der Waals surface area contributed by atoms with E-state index in [4.69, 9.17) is 0 Å². The second-order valence-electron chi connectivity index (χ2n) is 9.65. The van der Waals surface area contributed by atoms with Gasteiger partial charge in [0.2, 0.25) is 0 Å². The summed E-state index contributed by atoms with van der Waals surface area (Å²) < 4.78 is 29.4. The van der Waals surface area contributed by atoms with Crippen LogP contribution in [0.2, 0.25) is 0 Å². The highest BCUT2D eigenvalue weighted by atomic mass is 19.2. The summed E-state index contributed by atoms with van der Waals surface area (Å²) >= 11 is 0. The molecule has 0 nitrogen and oxygen atoms in total. The Morgan fingerprint density at radius 2 is 1.63 bits per heavy atom. The highest BCUT2D eigenvalue weighted by Gasteiger charge is 2.31. The van der Waals surface area contributed by atoms with Crippen molar-refractivity contribution < 1.29 is 8.78 Å². The smallest absolute Gasteiger partial charge is 0.163 e. The SMILES string of the molecule is CCCCCC1(C)CCC(c2ccc(C3=C(F)C(F)=C(CCC)C=CC3)cc2)CC1. The van der Waals surface area contributed by atoms with Gasteiger partial charge in [-0.15, -0.1) is 0 Å². The first-order chi connectivity index (χ1) is 14.5. The molecule has 0 radical (unpaired) electrons. The molecule has 0 unspecified atom stereocenters. The molecule has 0 bridgehead atoms. The summed E-state index contributed by atoms with van der Waals surface area (Å²) in [5, 5.41) is 0. The zero-order valence-electron chi connectivity index (χ0n) is 19.1. The summed E-state index contributed by atoms with van der Waals surface area (Å²) in [7, 11) is 0. The summed E-state index contributed by atoms with van der Waals surface area (Å²) in [5.41, 5.74) is 3.60. The van der Waals surface area contributed by atoms with Gasteiger partial charge in [-0.05, 0) is 73.0 Å². The molecule has 0 spiro atoms. The molecule has 2 aliphatic carbocycles. The first-order valence-electron chi connectivity index (χ1n) is 12.0. The van der Waals surface area contributed by atoms with Gasteiger partial charge < -0.3 is 0 Å². The van der Waals surface area contributed by atoms with E-state index in [2.05, 4.69) is 26.0 Å². The maximum atomic E-state index is 14.8. The topological polar surface area (TPSA) is 0 Å². The molecule has 0 atom stereocenters. The van der Waals surface area contributed by atoms with Crippen molar-refractivity contribution in [2.45, 2.75) is 97.3 Å². The van der Waals surface area contributed by atoms with Crippen molar-refractivity contribution in [2.24, 2.45) is 5.41 Å². The van der Waals surface area contributed by atoms with E-state index in [1.54, 1.807) is 6.08 Å². The van der Waals surface area contributed by atoms with Gasteiger partial charge in [0.05, 0.1) is 0 Å². The Hall–Kier alpha value is -1.70. The number of benzene rings is 1. The number of allylic oxidation sites excluding steroid dienone is 6. The zero-order valence-corrected chi connectivity index (χ0v) is 19.1. The molecule has 30 heavy (non-hydrogen) atoms. The largest absolute Gasteiger partial charge is 0.203 e. The van der Waals surface area contributed by atoms with Crippen LogP contribution in [0.15, 0.2) is 53.6 Å². The van der Waals surface area contributed by atoms with Gasteiger partial charge in [0.1, 0.15) is 0 Å². The summed E-state index contributed by atoms with van der Waals surface area (Å²) in [6.07, 6.45) is 15.9. The monoisotopic (exact) mass is 412 g/mol. The van der Waals surface area contributed by atoms with E-state index < -0.39 is 11.7 Å². The van der Waals surface area contributed by atoms with Crippen LogP contribution in [-0.2, 0) is 0 Å². The number of halogens is 2. The Bertz CT molecular complexity index is 786. The van der Waals surface area contributed by atoms with Gasteiger partial charge in [0, 0.05) is 5.57 Å². The van der Waals surface area contributed by atoms with Crippen LogP contribution in [0.4, 0.5) is 8.78 Å². The minimum absolute atomic E-state index is 0.436. The van der Waals surface area contributed by atoms with Crippen LogP contribution in [0.3, 0.4) is 0 Å². The van der Waals surface area contributed by atoms with Crippen LogP contribution in [0.5, 0.6) is 0 Å². The predicted octanol–water partition coefficient (Wildman–Crippen LogP) is 9.59. The molecule has 164 valence electrons. The lowest BCUT2D eigenvalue weighted by Crippen LogP contribution is -2.23. The molecule has 1 saturated carbocycles. The van der Waals surface area contributed by atoms with Gasteiger partial charge in [-0.2, -0.15) is 0 Å². The quantitative estimate of drug-likeness (QED) is 0.373. The Morgan fingerprint density at radius 3 is 2.27 bits per heavy atom. The predicted molar refractivity (Wildman–Crippen MR) is 125 cm³/mol. The maximum Gasteiger partial charge on any atom is 0.163 e. The zero-order chi connectivity index (χ0) is 21.6. The molecule has 1 aromatic carbocycles.